The highest BCUT2D eigenvalue weighted by Gasteiger charge is 2.12. The van der Waals surface area contributed by atoms with Crippen molar-refractivity contribution in [2.75, 3.05) is 0 Å². The Bertz CT molecular complexity index is 630. The molecular weight excluding hydrogens is 263 g/mol. The minimum atomic E-state index is -0.791. The van der Waals surface area contributed by atoms with Crippen LogP contribution in [0.2, 0.25) is 0 Å². The van der Waals surface area contributed by atoms with Crippen LogP contribution in [0.25, 0.3) is 0 Å². The average Bonchev–Trinajstić information content (AvgIpc) is 2.42. The van der Waals surface area contributed by atoms with Gasteiger partial charge in [0.05, 0.1) is 4.92 Å². The van der Waals surface area contributed by atoms with Crippen LogP contribution in [0, 0.1) is 22.9 Å². The van der Waals surface area contributed by atoms with Crippen molar-refractivity contribution in [3.8, 4) is 5.75 Å². The number of aliphatic imine (C=N–C) groups is 1. The average molecular weight is 276 g/mol. The summed E-state index contributed by atoms with van der Waals surface area (Å²) in [4.78, 5) is 13.0. The molecule has 0 aromatic heterocycles. The molecule has 20 heavy (non-hydrogen) atoms. The van der Waals surface area contributed by atoms with Crippen molar-refractivity contribution in [3.63, 3.8) is 0 Å². The topological polar surface area (TPSA) is 75.7 Å². The number of hydrogen-bond acceptors (Lipinski definition) is 4. The number of nitro benzene ring substituents is 1. The zero-order valence-corrected chi connectivity index (χ0v) is 10.8. The number of para-hydroxylation sites is 2. The van der Waals surface area contributed by atoms with E-state index >= 15 is 0 Å². The fourth-order valence-electron chi connectivity index (χ4n) is 1.36. The van der Waals surface area contributed by atoms with E-state index in [0.717, 1.165) is 6.07 Å². The number of rotatable bonds is 2. The van der Waals surface area contributed by atoms with Crippen LogP contribution >= 0.6 is 0 Å². The zero-order valence-electron chi connectivity index (χ0n) is 10.8. The fraction of sp³-hybridized carbons (Fsp3) is 0.0714. The summed E-state index contributed by atoms with van der Waals surface area (Å²) in [6.07, 6.45) is 0. The van der Waals surface area contributed by atoms with Crippen LogP contribution in [0.3, 0.4) is 0 Å². The zero-order chi connectivity index (χ0) is 15.1. The Kier molecular flexibility index (Phi) is 5.34. The van der Waals surface area contributed by atoms with E-state index in [1.165, 1.54) is 12.1 Å². The SMILES string of the molecule is C=Nc1ccccc1O.Cc1ccc(F)c([N+](=O)[O-])c1. The number of phenolic OH excluding ortho intramolecular Hbond substituents is 1. The lowest BCUT2D eigenvalue weighted by Gasteiger charge is -1.93. The summed E-state index contributed by atoms with van der Waals surface area (Å²) in [5.41, 5.74) is 0.737. The summed E-state index contributed by atoms with van der Waals surface area (Å²) in [6.45, 7) is 4.95. The Morgan fingerprint density at radius 2 is 1.95 bits per heavy atom. The molecular formula is C14H13FN2O3. The summed E-state index contributed by atoms with van der Waals surface area (Å²) >= 11 is 0. The molecule has 0 aliphatic heterocycles. The molecule has 0 bridgehead atoms. The highest BCUT2D eigenvalue weighted by Crippen LogP contribution is 2.23. The fourth-order valence-corrected chi connectivity index (χ4v) is 1.36. The monoisotopic (exact) mass is 276 g/mol. The van der Waals surface area contributed by atoms with Gasteiger partial charge in [0.25, 0.3) is 0 Å². The summed E-state index contributed by atoms with van der Waals surface area (Å²) < 4.78 is 12.6. The van der Waals surface area contributed by atoms with Gasteiger partial charge in [-0.15, -0.1) is 0 Å². The molecule has 0 atom stereocenters. The molecule has 2 aromatic rings. The third kappa shape index (κ3) is 4.16. The number of nitrogens with zero attached hydrogens (tertiary/aromatic N) is 2. The molecule has 0 saturated carbocycles. The van der Waals surface area contributed by atoms with Gasteiger partial charge < -0.3 is 5.11 Å². The van der Waals surface area contributed by atoms with Crippen LogP contribution in [0.4, 0.5) is 15.8 Å². The molecule has 0 heterocycles. The summed E-state index contributed by atoms with van der Waals surface area (Å²) in [7, 11) is 0. The Morgan fingerprint density at radius 3 is 2.40 bits per heavy atom. The lowest BCUT2D eigenvalue weighted by Crippen LogP contribution is -1.92. The smallest absolute Gasteiger partial charge is 0.305 e. The van der Waals surface area contributed by atoms with Gasteiger partial charge in [-0.05, 0) is 37.4 Å². The van der Waals surface area contributed by atoms with Crippen molar-refractivity contribution in [2.24, 2.45) is 4.99 Å². The highest BCUT2D eigenvalue weighted by molar-refractivity contribution is 5.54. The second kappa shape index (κ2) is 6.98. The number of nitro groups is 1. The third-order valence-electron chi connectivity index (χ3n) is 2.35. The normalized spacial score (nSPS) is 9.30. The van der Waals surface area contributed by atoms with Crippen molar-refractivity contribution in [1.29, 1.82) is 0 Å². The maximum atomic E-state index is 12.6. The second-order valence-corrected chi connectivity index (χ2v) is 3.86. The first-order valence-corrected chi connectivity index (χ1v) is 5.61. The first-order valence-electron chi connectivity index (χ1n) is 5.61. The first-order chi connectivity index (χ1) is 9.45. The van der Waals surface area contributed by atoms with E-state index in [0.29, 0.717) is 11.3 Å². The lowest BCUT2D eigenvalue weighted by atomic mass is 10.2. The largest absolute Gasteiger partial charge is 0.506 e. The predicted molar refractivity (Wildman–Crippen MR) is 75.1 cm³/mol. The van der Waals surface area contributed by atoms with E-state index < -0.39 is 16.4 Å². The summed E-state index contributed by atoms with van der Waals surface area (Å²) in [5.74, 6) is -0.617. The third-order valence-corrected chi connectivity index (χ3v) is 2.35. The van der Waals surface area contributed by atoms with Gasteiger partial charge in [-0.25, -0.2) is 0 Å². The molecule has 0 unspecified atom stereocenters. The van der Waals surface area contributed by atoms with Crippen LogP contribution in [0.5, 0.6) is 5.75 Å². The van der Waals surface area contributed by atoms with E-state index in [1.807, 2.05) is 0 Å². The maximum absolute atomic E-state index is 12.6. The van der Waals surface area contributed by atoms with Crippen molar-refractivity contribution in [1.82, 2.24) is 0 Å². The number of halogens is 1. The molecule has 0 spiro atoms. The molecule has 1 N–H and O–H groups in total. The van der Waals surface area contributed by atoms with Crippen molar-refractivity contribution in [2.45, 2.75) is 6.92 Å². The van der Waals surface area contributed by atoms with E-state index in [2.05, 4.69) is 11.7 Å². The summed E-state index contributed by atoms with van der Waals surface area (Å²) in [6, 6.07) is 10.6. The lowest BCUT2D eigenvalue weighted by molar-refractivity contribution is -0.387. The standard InChI is InChI=1S/C7H6FNO2.C7H7NO/c1-5-2-3-6(8)7(4-5)9(10)11;1-8-6-4-2-3-5-7(6)9/h2-4H,1H3;2-5,9H,1H2. The number of hydrogen-bond donors (Lipinski definition) is 1. The van der Waals surface area contributed by atoms with E-state index in [1.54, 1.807) is 31.2 Å². The quantitative estimate of drug-likeness (QED) is 0.515. The van der Waals surface area contributed by atoms with Gasteiger partial charge in [0.2, 0.25) is 5.82 Å². The predicted octanol–water partition coefficient (Wildman–Crippen LogP) is 3.77. The minimum Gasteiger partial charge on any atom is -0.506 e. The molecule has 5 nitrogen and oxygen atoms in total. The van der Waals surface area contributed by atoms with Crippen LogP contribution in [0.15, 0.2) is 47.5 Å². The highest BCUT2D eigenvalue weighted by atomic mass is 19.1. The van der Waals surface area contributed by atoms with Crippen molar-refractivity contribution < 1.29 is 14.4 Å². The molecule has 2 aromatic carbocycles. The minimum absolute atomic E-state index is 0.174. The molecule has 0 saturated heterocycles. The number of aromatic hydroxyl groups is 1. The van der Waals surface area contributed by atoms with Gasteiger partial charge in [-0.1, -0.05) is 18.2 Å². The number of benzene rings is 2. The van der Waals surface area contributed by atoms with E-state index in [9.17, 15) is 14.5 Å². The molecule has 0 amide bonds. The molecule has 6 heteroatoms. The molecule has 104 valence electrons. The number of aryl methyl sites for hydroxylation is 1. The Morgan fingerprint density at radius 1 is 1.30 bits per heavy atom. The number of phenols is 1. The summed E-state index contributed by atoms with van der Waals surface area (Å²) in [5, 5.41) is 19.1. The Balaban J connectivity index is 0.000000204. The van der Waals surface area contributed by atoms with Crippen LogP contribution in [0.1, 0.15) is 5.56 Å². The van der Waals surface area contributed by atoms with Gasteiger partial charge in [0.15, 0.2) is 0 Å². The van der Waals surface area contributed by atoms with Crippen molar-refractivity contribution >= 4 is 18.1 Å². The Hall–Kier alpha value is -2.76. The van der Waals surface area contributed by atoms with Crippen LogP contribution in [-0.4, -0.2) is 16.7 Å². The first kappa shape index (κ1) is 15.3. The maximum Gasteiger partial charge on any atom is 0.305 e. The van der Waals surface area contributed by atoms with Crippen LogP contribution < -0.4 is 0 Å². The molecule has 0 radical (unpaired) electrons. The van der Waals surface area contributed by atoms with Gasteiger partial charge in [-0.2, -0.15) is 4.39 Å². The van der Waals surface area contributed by atoms with E-state index in [4.69, 9.17) is 5.11 Å². The van der Waals surface area contributed by atoms with Gasteiger partial charge >= 0.3 is 5.69 Å². The molecule has 0 aliphatic carbocycles. The van der Waals surface area contributed by atoms with Crippen LogP contribution in [-0.2, 0) is 0 Å². The van der Waals surface area contributed by atoms with Gasteiger partial charge in [-0.3, -0.25) is 15.1 Å². The molecule has 2 rings (SSSR count). The van der Waals surface area contributed by atoms with E-state index in [-0.39, 0.29) is 5.75 Å². The Labute approximate surface area is 115 Å². The van der Waals surface area contributed by atoms with Crippen molar-refractivity contribution in [3.05, 3.63) is 64.0 Å². The second-order valence-electron chi connectivity index (χ2n) is 3.86. The van der Waals surface area contributed by atoms with Gasteiger partial charge in [0, 0.05) is 6.07 Å². The molecule has 0 fully saturated rings. The van der Waals surface area contributed by atoms with Gasteiger partial charge in [0.1, 0.15) is 11.4 Å². The molecule has 0 aliphatic rings.